The fourth-order valence-corrected chi connectivity index (χ4v) is 2.57. The number of furan rings is 1. The van der Waals surface area contributed by atoms with E-state index in [-0.39, 0.29) is 0 Å². The van der Waals surface area contributed by atoms with Crippen molar-refractivity contribution in [1.29, 1.82) is 0 Å². The molecule has 0 spiro atoms. The highest BCUT2D eigenvalue weighted by Gasteiger charge is 2.37. The van der Waals surface area contributed by atoms with Crippen molar-refractivity contribution in [2.75, 3.05) is 6.54 Å². The average Bonchev–Trinajstić information content (AvgIpc) is 2.48. The van der Waals surface area contributed by atoms with Crippen LogP contribution in [0.15, 0.2) is 15.2 Å². The largest absolute Gasteiger partial charge is 0.451 e. The van der Waals surface area contributed by atoms with Crippen LogP contribution >= 0.6 is 15.9 Å². The Labute approximate surface area is 91.4 Å². The Hall–Kier alpha value is -0.320. The quantitative estimate of drug-likeness (QED) is 0.854. The fraction of sp³-hybridized carbons (Fsp3) is 0.600. The number of hydrogen-bond donors (Lipinski definition) is 2. The molecule has 1 unspecified atom stereocenters. The maximum absolute atomic E-state index is 10.3. The standard InChI is InChI=1S/C10H14BrNO2/c11-8-6-7-2-1-3-10(13,4-5-12)9(7)14-8/h6,13H,1-5,12H2. The molecule has 0 radical (unpaired) electrons. The number of aliphatic hydroxyl groups is 1. The van der Waals surface area contributed by atoms with Crippen molar-refractivity contribution in [3.63, 3.8) is 0 Å². The van der Waals surface area contributed by atoms with Crippen molar-refractivity contribution in [3.05, 3.63) is 22.1 Å². The van der Waals surface area contributed by atoms with Gasteiger partial charge >= 0.3 is 0 Å². The minimum Gasteiger partial charge on any atom is -0.451 e. The lowest BCUT2D eigenvalue weighted by Gasteiger charge is -2.30. The number of aryl methyl sites for hydroxylation is 1. The summed E-state index contributed by atoms with van der Waals surface area (Å²) < 4.78 is 6.18. The highest BCUT2D eigenvalue weighted by atomic mass is 79.9. The zero-order chi connectivity index (χ0) is 10.2. The number of rotatable bonds is 2. The first-order chi connectivity index (χ1) is 6.65. The van der Waals surface area contributed by atoms with Gasteiger partial charge in [0.05, 0.1) is 0 Å². The molecule has 0 aliphatic heterocycles. The summed E-state index contributed by atoms with van der Waals surface area (Å²) in [6.07, 6.45) is 3.30. The lowest BCUT2D eigenvalue weighted by Crippen LogP contribution is -2.32. The second-order valence-electron chi connectivity index (χ2n) is 3.83. The summed E-state index contributed by atoms with van der Waals surface area (Å²) in [4.78, 5) is 0. The van der Waals surface area contributed by atoms with Crippen LogP contribution in [-0.2, 0) is 12.0 Å². The van der Waals surface area contributed by atoms with E-state index in [0.717, 1.165) is 24.8 Å². The van der Waals surface area contributed by atoms with Gasteiger partial charge < -0.3 is 15.3 Å². The molecule has 4 heteroatoms. The highest BCUT2D eigenvalue weighted by Crippen LogP contribution is 2.40. The summed E-state index contributed by atoms with van der Waals surface area (Å²) in [5, 5.41) is 10.3. The van der Waals surface area contributed by atoms with Gasteiger partial charge in [-0.2, -0.15) is 0 Å². The number of nitrogens with two attached hydrogens (primary N) is 1. The van der Waals surface area contributed by atoms with Crippen molar-refractivity contribution in [3.8, 4) is 0 Å². The van der Waals surface area contributed by atoms with E-state index in [1.807, 2.05) is 6.07 Å². The summed E-state index contributed by atoms with van der Waals surface area (Å²) in [6.45, 7) is 0.480. The minimum atomic E-state index is -0.839. The summed E-state index contributed by atoms with van der Waals surface area (Å²) >= 11 is 3.29. The molecule has 1 atom stereocenters. The second-order valence-corrected chi connectivity index (χ2v) is 4.61. The first-order valence-electron chi connectivity index (χ1n) is 4.87. The van der Waals surface area contributed by atoms with E-state index in [0.29, 0.717) is 23.4 Å². The van der Waals surface area contributed by atoms with Gasteiger partial charge in [0.25, 0.3) is 0 Å². The maximum Gasteiger partial charge on any atom is 0.169 e. The normalized spacial score (nSPS) is 26.2. The van der Waals surface area contributed by atoms with Crippen molar-refractivity contribution in [1.82, 2.24) is 0 Å². The monoisotopic (exact) mass is 259 g/mol. The maximum atomic E-state index is 10.3. The van der Waals surface area contributed by atoms with Crippen molar-refractivity contribution >= 4 is 15.9 Å². The van der Waals surface area contributed by atoms with E-state index in [4.69, 9.17) is 10.2 Å². The summed E-state index contributed by atoms with van der Waals surface area (Å²) in [5.74, 6) is 0.709. The first kappa shape index (κ1) is 10.2. The summed E-state index contributed by atoms with van der Waals surface area (Å²) in [6, 6.07) is 1.94. The predicted molar refractivity (Wildman–Crippen MR) is 56.9 cm³/mol. The Kier molecular flexibility index (Phi) is 2.68. The fourth-order valence-electron chi connectivity index (χ4n) is 2.14. The molecule has 0 fully saturated rings. The Balaban J connectivity index is 2.38. The van der Waals surface area contributed by atoms with Gasteiger partial charge in [0.1, 0.15) is 11.4 Å². The van der Waals surface area contributed by atoms with Gasteiger partial charge in [-0.25, -0.2) is 0 Å². The van der Waals surface area contributed by atoms with Crippen molar-refractivity contribution in [2.24, 2.45) is 5.73 Å². The third-order valence-electron chi connectivity index (χ3n) is 2.80. The van der Waals surface area contributed by atoms with Crippen LogP contribution in [0.25, 0.3) is 0 Å². The molecule has 3 N–H and O–H groups in total. The lowest BCUT2D eigenvalue weighted by atomic mass is 9.82. The molecule has 0 aromatic carbocycles. The molecule has 78 valence electrons. The second kappa shape index (κ2) is 3.68. The van der Waals surface area contributed by atoms with E-state index < -0.39 is 5.60 Å². The van der Waals surface area contributed by atoms with Crippen LogP contribution in [0.5, 0.6) is 0 Å². The van der Waals surface area contributed by atoms with E-state index >= 15 is 0 Å². The van der Waals surface area contributed by atoms with Gasteiger partial charge in [0.2, 0.25) is 0 Å². The molecule has 14 heavy (non-hydrogen) atoms. The molecule has 0 saturated carbocycles. The van der Waals surface area contributed by atoms with E-state index in [1.54, 1.807) is 0 Å². The zero-order valence-corrected chi connectivity index (χ0v) is 9.51. The van der Waals surface area contributed by atoms with E-state index in [2.05, 4.69) is 15.9 Å². The van der Waals surface area contributed by atoms with Crippen molar-refractivity contribution in [2.45, 2.75) is 31.3 Å². The summed E-state index contributed by atoms with van der Waals surface area (Å²) in [7, 11) is 0. The van der Waals surface area contributed by atoms with Gasteiger partial charge in [-0.15, -0.1) is 0 Å². The minimum absolute atomic E-state index is 0.480. The van der Waals surface area contributed by atoms with Gasteiger partial charge in [-0.3, -0.25) is 0 Å². The molecular weight excluding hydrogens is 246 g/mol. The molecule has 0 amide bonds. The van der Waals surface area contributed by atoms with Crippen LogP contribution in [0.3, 0.4) is 0 Å². The smallest absolute Gasteiger partial charge is 0.169 e. The van der Waals surface area contributed by atoms with Crippen LogP contribution in [-0.4, -0.2) is 11.7 Å². The predicted octanol–water partition coefficient (Wildman–Crippen LogP) is 1.91. The molecule has 1 aliphatic rings. The molecular formula is C10H14BrNO2. The Bertz CT molecular complexity index is 337. The van der Waals surface area contributed by atoms with Crippen LogP contribution in [0.1, 0.15) is 30.6 Å². The topological polar surface area (TPSA) is 59.4 Å². The molecule has 1 heterocycles. The average molecular weight is 260 g/mol. The molecule has 1 aromatic heterocycles. The van der Waals surface area contributed by atoms with E-state index in [1.165, 1.54) is 0 Å². The third kappa shape index (κ3) is 1.62. The van der Waals surface area contributed by atoms with Crippen molar-refractivity contribution < 1.29 is 9.52 Å². The number of halogens is 1. The highest BCUT2D eigenvalue weighted by molar-refractivity contribution is 9.10. The number of hydrogen-bond acceptors (Lipinski definition) is 3. The Morgan fingerprint density at radius 1 is 1.64 bits per heavy atom. The van der Waals surface area contributed by atoms with Gasteiger partial charge in [0, 0.05) is 0 Å². The Morgan fingerprint density at radius 3 is 3.14 bits per heavy atom. The SMILES string of the molecule is NCCC1(O)CCCc2cc(Br)oc21. The van der Waals surface area contributed by atoms with Crippen LogP contribution in [0, 0.1) is 0 Å². The van der Waals surface area contributed by atoms with Crippen LogP contribution in [0.4, 0.5) is 0 Å². The van der Waals surface area contributed by atoms with Gasteiger partial charge in [0.15, 0.2) is 4.67 Å². The third-order valence-corrected chi connectivity index (χ3v) is 3.19. The molecule has 0 saturated heterocycles. The molecule has 3 nitrogen and oxygen atoms in total. The summed E-state index contributed by atoms with van der Waals surface area (Å²) in [5.41, 5.74) is 5.77. The number of fused-ring (bicyclic) bond motifs is 1. The Morgan fingerprint density at radius 2 is 2.43 bits per heavy atom. The molecule has 2 rings (SSSR count). The molecule has 0 bridgehead atoms. The van der Waals surface area contributed by atoms with Gasteiger partial charge in [-0.1, -0.05) is 0 Å². The van der Waals surface area contributed by atoms with Crippen LogP contribution in [0.2, 0.25) is 0 Å². The zero-order valence-electron chi connectivity index (χ0n) is 7.92. The van der Waals surface area contributed by atoms with Crippen LogP contribution < -0.4 is 5.73 Å². The van der Waals surface area contributed by atoms with Gasteiger partial charge in [-0.05, 0) is 59.8 Å². The molecule has 1 aromatic rings. The lowest BCUT2D eigenvalue weighted by molar-refractivity contribution is -0.00932. The first-order valence-corrected chi connectivity index (χ1v) is 5.66. The molecule has 1 aliphatic carbocycles. The van der Waals surface area contributed by atoms with E-state index in [9.17, 15) is 5.11 Å².